The van der Waals surface area contributed by atoms with Crippen LogP contribution in [-0.2, 0) is 17.9 Å². The van der Waals surface area contributed by atoms with Crippen LogP contribution in [0.4, 0.5) is 5.69 Å². The van der Waals surface area contributed by atoms with Gasteiger partial charge in [-0.05, 0) is 49.5 Å². The van der Waals surface area contributed by atoms with E-state index in [1.54, 1.807) is 18.2 Å². The molecule has 3 aromatic rings. The number of anilines is 1. The minimum Gasteiger partial charge on any atom is -0.484 e. The first kappa shape index (κ1) is 19.4. The summed E-state index contributed by atoms with van der Waals surface area (Å²) in [5.41, 5.74) is 1.66. The van der Waals surface area contributed by atoms with Crippen molar-refractivity contribution in [1.82, 2.24) is 9.78 Å². The third kappa shape index (κ3) is 5.32. The number of rotatable bonds is 6. The van der Waals surface area contributed by atoms with Gasteiger partial charge in [-0.2, -0.15) is 0 Å². The van der Waals surface area contributed by atoms with E-state index in [4.69, 9.17) is 44.6 Å². The molecule has 9 heteroatoms. The smallest absolute Gasteiger partial charge is 0.287 e. The Morgan fingerprint density at radius 2 is 1.96 bits per heavy atom. The van der Waals surface area contributed by atoms with Crippen molar-refractivity contribution in [3.63, 3.8) is 0 Å². The van der Waals surface area contributed by atoms with Gasteiger partial charge in [0.2, 0.25) is 5.91 Å². The van der Waals surface area contributed by atoms with E-state index in [1.165, 1.54) is 4.68 Å². The number of ether oxygens (including phenoxy) is 1. The number of nitrogens with zero attached hydrogens (tertiary/aromatic N) is 2. The van der Waals surface area contributed by atoms with E-state index in [-0.39, 0.29) is 29.8 Å². The number of hydrogen-bond donors (Lipinski definition) is 1. The molecule has 0 atom stereocenters. The van der Waals surface area contributed by atoms with Crippen LogP contribution in [0.15, 0.2) is 46.9 Å². The van der Waals surface area contributed by atoms with E-state index in [0.29, 0.717) is 21.5 Å². The van der Waals surface area contributed by atoms with Gasteiger partial charge in [-0.15, -0.1) is 5.10 Å². The summed E-state index contributed by atoms with van der Waals surface area (Å²) in [6, 6.07) is 12.4. The molecule has 1 heterocycles. The van der Waals surface area contributed by atoms with E-state index in [1.807, 2.05) is 31.2 Å². The van der Waals surface area contributed by atoms with Gasteiger partial charge < -0.3 is 14.5 Å². The Morgan fingerprint density at radius 1 is 1.22 bits per heavy atom. The van der Waals surface area contributed by atoms with Gasteiger partial charge in [-0.3, -0.25) is 4.79 Å². The van der Waals surface area contributed by atoms with Crippen molar-refractivity contribution in [2.75, 3.05) is 5.32 Å². The number of nitrogens with one attached hydrogen (secondary N) is 1. The van der Waals surface area contributed by atoms with Crippen LogP contribution in [0, 0.1) is 11.8 Å². The second-order valence-electron chi connectivity index (χ2n) is 5.70. The molecule has 1 N–H and O–H groups in total. The molecule has 0 bridgehead atoms. The average molecular weight is 424 g/mol. The highest BCUT2D eigenvalue weighted by molar-refractivity contribution is 7.71. The Hall–Kier alpha value is -2.35. The maximum absolute atomic E-state index is 12.2. The fourth-order valence-corrected chi connectivity index (χ4v) is 2.70. The Morgan fingerprint density at radius 3 is 2.67 bits per heavy atom. The number of halogens is 2. The van der Waals surface area contributed by atoms with Crippen molar-refractivity contribution in [1.29, 1.82) is 0 Å². The lowest BCUT2D eigenvalue weighted by atomic mass is 10.2. The SMILES string of the molecule is Cc1ccc(OCc2nn(CC(=O)Nc3ccc(Cl)c(Cl)c3)c(=S)o2)cc1. The lowest BCUT2D eigenvalue weighted by Gasteiger charge is -2.06. The monoisotopic (exact) mass is 423 g/mol. The molecule has 3 rings (SSSR count). The van der Waals surface area contributed by atoms with Gasteiger partial charge in [0.05, 0.1) is 10.0 Å². The molecule has 0 aliphatic heterocycles. The molecule has 0 saturated heterocycles. The summed E-state index contributed by atoms with van der Waals surface area (Å²) in [6.07, 6.45) is 0. The predicted octanol–water partition coefficient (Wildman–Crippen LogP) is 5.04. The highest BCUT2D eigenvalue weighted by atomic mass is 35.5. The largest absolute Gasteiger partial charge is 0.484 e. The van der Waals surface area contributed by atoms with E-state index >= 15 is 0 Å². The van der Waals surface area contributed by atoms with Gasteiger partial charge in [0.1, 0.15) is 12.3 Å². The number of benzene rings is 2. The molecule has 1 aromatic heterocycles. The molecule has 2 aromatic carbocycles. The number of carbonyl (C=O) groups is 1. The number of aromatic nitrogens is 2. The maximum atomic E-state index is 12.2. The first-order chi connectivity index (χ1) is 12.9. The quantitative estimate of drug-likeness (QED) is 0.562. The second kappa shape index (κ2) is 8.56. The first-order valence-corrected chi connectivity index (χ1v) is 9.08. The lowest BCUT2D eigenvalue weighted by molar-refractivity contribution is -0.117. The molecule has 0 fully saturated rings. The fourth-order valence-electron chi connectivity index (χ4n) is 2.20. The molecule has 0 radical (unpaired) electrons. The molecule has 0 spiro atoms. The van der Waals surface area contributed by atoms with E-state index in [0.717, 1.165) is 5.56 Å². The van der Waals surface area contributed by atoms with Crippen LogP contribution in [-0.4, -0.2) is 15.7 Å². The molecule has 0 unspecified atom stereocenters. The third-order valence-corrected chi connectivity index (χ3v) is 4.56. The predicted molar refractivity (Wildman–Crippen MR) is 106 cm³/mol. The fraction of sp³-hybridized carbons (Fsp3) is 0.167. The zero-order valence-corrected chi connectivity index (χ0v) is 16.6. The number of hydrogen-bond acceptors (Lipinski definition) is 5. The Balaban J connectivity index is 1.60. The molecular formula is C18H15Cl2N3O3S. The summed E-state index contributed by atoms with van der Waals surface area (Å²) in [5, 5.41) is 7.62. The standard InChI is InChI=1S/C18H15Cl2N3O3S/c1-11-2-5-13(6-3-11)25-10-17-22-23(18(27)26-17)9-16(24)21-12-4-7-14(19)15(20)8-12/h2-8H,9-10H2,1H3,(H,21,24). The normalized spacial score (nSPS) is 10.6. The minimum atomic E-state index is -0.330. The zero-order valence-electron chi connectivity index (χ0n) is 14.2. The summed E-state index contributed by atoms with van der Waals surface area (Å²) < 4.78 is 12.3. The molecule has 0 aliphatic rings. The van der Waals surface area contributed by atoms with E-state index < -0.39 is 0 Å². The molecule has 0 saturated carbocycles. The summed E-state index contributed by atoms with van der Waals surface area (Å²) in [7, 11) is 0. The lowest BCUT2D eigenvalue weighted by Crippen LogP contribution is -2.19. The van der Waals surface area contributed by atoms with Gasteiger partial charge in [-0.25, -0.2) is 4.68 Å². The second-order valence-corrected chi connectivity index (χ2v) is 6.86. The zero-order chi connectivity index (χ0) is 19.4. The highest BCUT2D eigenvalue weighted by Gasteiger charge is 2.11. The minimum absolute atomic E-state index is 0.0850. The van der Waals surface area contributed by atoms with Crippen LogP contribution in [0.3, 0.4) is 0 Å². The number of carbonyl (C=O) groups excluding carboxylic acids is 1. The number of amides is 1. The van der Waals surface area contributed by atoms with Crippen molar-refractivity contribution >= 4 is 47.0 Å². The Bertz CT molecular complexity index is 1020. The number of aryl methyl sites for hydroxylation is 1. The van der Waals surface area contributed by atoms with Crippen LogP contribution >= 0.6 is 35.4 Å². The van der Waals surface area contributed by atoms with Crippen LogP contribution in [0.25, 0.3) is 0 Å². The van der Waals surface area contributed by atoms with E-state index in [2.05, 4.69) is 10.4 Å². The van der Waals surface area contributed by atoms with Crippen molar-refractivity contribution in [3.05, 3.63) is 68.8 Å². The van der Waals surface area contributed by atoms with Crippen molar-refractivity contribution in [3.8, 4) is 5.75 Å². The maximum Gasteiger partial charge on any atom is 0.287 e. The van der Waals surface area contributed by atoms with Crippen molar-refractivity contribution < 1.29 is 13.9 Å². The first-order valence-electron chi connectivity index (χ1n) is 7.92. The molecule has 6 nitrogen and oxygen atoms in total. The van der Waals surface area contributed by atoms with Gasteiger partial charge in [0.15, 0.2) is 6.61 Å². The van der Waals surface area contributed by atoms with Gasteiger partial charge in [0, 0.05) is 5.69 Å². The topological polar surface area (TPSA) is 69.3 Å². The molecule has 140 valence electrons. The van der Waals surface area contributed by atoms with Crippen molar-refractivity contribution in [2.45, 2.75) is 20.1 Å². The summed E-state index contributed by atoms with van der Waals surface area (Å²) >= 11 is 16.9. The van der Waals surface area contributed by atoms with Gasteiger partial charge >= 0.3 is 0 Å². The van der Waals surface area contributed by atoms with Crippen LogP contribution in [0.2, 0.25) is 10.0 Å². The Kier molecular flexibility index (Phi) is 6.15. The molecular weight excluding hydrogens is 409 g/mol. The van der Waals surface area contributed by atoms with Crippen LogP contribution < -0.4 is 10.1 Å². The van der Waals surface area contributed by atoms with Crippen LogP contribution in [0.1, 0.15) is 11.5 Å². The van der Waals surface area contributed by atoms with Gasteiger partial charge in [-0.1, -0.05) is 40.9 Å². The summed E-state index contributed by atoms with van der Waals surface area (Å²) in [4.78, 5) is 12.3. The Labute approximate surface area is 170 Å². The summed E-state index contributed by atoms with van der Waals surface area (Å²) in [6.45, 7) is 1.99. The van der Waals surface area contributed by atoms with Crippen LogP contribution in [0.5, 0.6) is 5.75 Å². The average Bonchev–Trinajstić information content (AvgIpc) is 2.97. The van der Waals surface area contributed by atoms with Gasteiger partial charge in [0.25, 0.3) is 10.7 Å². The highest BCUT2D eigenvalue weighted by Crippen LogP contribution is 2.25. The summed E-state index contributed by atoms with van der Waals surface area (Å²) in [5.74, 6) is 0.639. The van der Waals surface area contributed by atoms with Crippen molar-refractivity contribution in [2.24, 2.45) is 0 Å². The molecule has 27 heavy (non-hydrogen) atoms. The van der Waals surface area contributed by atoms with E-state index in [9.17, 15) is 4.79 Å². The molecule has 1 amide bonds. The molecule has 0 aliphatic carbocycles. The third-order valence-electron chi connectivity index (χ3n) is 3.53.